The number of hydrogen-bond acceptors (Lipinski definition) is 4. The van der Waals surface area contributed by atoms with Crippen molar-refractivity contribution in [2.45, 2.75) is 33.1 Å². The van der Waals surface area contributed by atoms with Crippen LogP contribution in [0.2, 0.25) is 0 Å². The zero-order valence-corrected chi connectivity index (χ0v) is 14.6. The molecule has 3 N–H and O–H groups in total. The molecule has 1 aliphatic carbocycles. The van der Waals surface area contributed by atoms with Gasteiger partial charge in [-0.05, 0) is 42.2 Å². The van der Waals surface area contributed by atoms with Gasteiger partial charge >= 0.3 is 0 Å². The van der Waals surface area contributed by atoms with Crippen LogP contribution in [-0.2, 0) is 5.41 Å². The summed E-state index contributed by atoms with van der Waals surface area (Å²) in [5, 5.41) is 22.0. The molecule has 1 aromatic rings. The fraction of sp³-hybridized carbons (Fsp3) is 0.333. The first kappa shape index (κ1) is 17.3. The van der Waals surface area contributed by atoms with Gasteiger partial charge in [-0.25, -0.2) is 0 Å². The zero-order valence-electron chi connectivity index (χ0n) is 13.9. The SMILES string of the molecule is Cc1cc(NC/N=C2/C=C(Cl)C=CC2=N)c(O)c(C(C)(C)C)c1. The molecule has 0 spiro atoms. The molecule has 0 amide bonds. The monoisotopic (exact) mass is 331 g/mol. The summed E-state index contributed by atoms with van der Waals surface area (Å²) in [6.07, 6.45) is 4.93. The number of nitrogens with one attached hydrogen (secondary N) is 2. The van der Waals surface area contributed by atoms with Crippen LogP contribution in [0.3, 0.4) is 0 Å². The van der Waals surface area contributed by atoms with Gasteiger partial charge in [0.25, 0.3) is 0 Å². The molecule has 4 nitrogen and oxygen atoms in total. The van der Waals surface area contributed by atoms with Crippen molar-refractivity contribution in [3.63, 3.8) is 0 Å². The minimum absolute atomic E-state index is 0.148. The Hall–Kier alpha value is -2.07. The van der Waals surface area contributed by atoms with Crippen LogP contribution in [-0.4, -0.2) is 23.2 Å². The van der Waals surface area contributed by atoms with Gasteiger partial charge in [-0.15, -0.1) is 0 Å². The molecule has 0 aliphatic heterocycles. The van der Waals surface area contributed by atoms with E-state index in [4.69, 9.17) is 17.0 Å². The second-order valence-electron chi connectivity index (χ2n) is 6.61. The molecule has 0 aromatic heterocycles. The summed E-state index contributed by atoms with van der Waals surface area (Å²) in [6.45, 7) is 8.44. The van der Waals surface area contributed by atoms with E-state index in [9.17, 15) is 5.11 Å². The Kier molecular flexibility index (Phi) is 4.95. The molecule has 5 heteroatoms. The Morgan fingerprint density at radius 1 is 1.26 bits per heavy atom. The Morgan fingerprint density at radius 2 is 1.96 bits per heavy atom. The van der Waals surface area contributed by atoms with Crippen molar-refractivity contribution < 1.29 is 5.11 Å². The van der Waals surface area contributed by atoms with Gasteiger partial charge in [0.05, 0.1) is 17.1 Å². The van der Waals surface area contributed by atoms with Gasteiger partial charge in [-0.3, -0.25) is 10.4 Å². The largest absolute Gasteiger partial charge is 0.505 e. The minimum atomic E-state index is -0.148. The van der Waals surface area contributed by atoms with Gasteiger partial charge in [0.1, 0.15) is 12.4 Å². The summed E-state index contributed by atoms with van der Waals surface area (Å²) >= 11 is 5.93. The summed E-state index contributed by atoms with van der Waals surface area (Å²) in [4.78, 5) is 4.33. The molecule has 1 aromatic carbocycles. The summed E-state index contributed by atoms with van der Waals surface area (Å²) < 4.78 is 0. The fourth-order valence-electron chi connectivity index (χ4n) is 2.33. The number of rotatable bonds is 3. The molecule has 2 rings (SSSR count). The van der Waals surface area contributed by atoms with Gasteiger partial charge in [0.15, 0.2) is 0 Å². The number of hydrogen-bond donors (Lipinski definition) is 3. The van der Waals surface area contributed by atoms with Crippen molar-refractivity contribution in [2.75, 3.05) is 12.0 Å². The number of halogens is 1. The van der Waals surface area contributed by atoms with E-state index in [0.717, 1.165) is 11.1 Å². The van der Waals surface area contributed by atoms with Crippen molar-refractivity contribution in [1.29, 1.82) is 5.41 Å². The molecular weight excluding hydrogens is 310 g/mol. The molecule has 0 atom stereocenters. The van der Waals surface area contributed by atoms with Crippen LogP contribution < -0.4 is 5.32 Å². The molecular formula is C18H22ClN3O. The van der Waals surface area contributed by atoms with E-state index in [1.54, 1.807) is 18.2 Å². The van der Waals surface area contributed by atoms with Crippen LogP contribution in [0.1, 0.15) is 31.9 Å². The highest BCUT2D eigenvalue weighted by atomic mass is 35.5. The van der Waals surface area contributed by atoms with E-state index < -0.39 is 0 Å². The van der Waals surface area contributed by atoms with E-state index in [1.807, 2.05) is 19.1 Å². The molecule has 1 aliphatic rings. The van der Waals surface area contributed by atoms with E-state index >= 15 is 0 Å². The molecule has 23 heavy (non-hydrogen) atoms. The second kappa shape index (κ2) is 6.59. The Bertz CT molecular complexity index is 725. The molecule has 0 fully saturated rings. The maximum atomic E-state index is 10.5. The van der Waals surface area contributed by atoms with Crippen molar-refractivity contribution in [2.24, 2.45) is 4.99 Å². The highest BCUT2D eigenvalue weighted by Gasteiger charge is 2.20. The van der Waals surface area contributed by atoms with Crippen LogP contribution in [0.5, 0.6) is 5.75 Å². The van der Waals surface area contributed by atoms with Crippen molar-refractivity contribution >= 4 is 28.7 Å². The van der Waals surface area contributed by atoms with Crippen molar-refractivity contribution in [3.8, 4) is 5.75 Å². The third kappa shape index (κ3) is 4.23. The Morgan fingerprint density at radius 3 is 2.61 bits per heavy atom. The average molecular weight is 332 g/mol. The number of allylic oxidation sites excluding steroid dienone is 4. The quantitative estimate of drug-likeness (QED) is 0.563. The zero-order chi connectivity index (χ0) is 17.2. The standard InChI is InChI=1S/C18H22ClN3O/c1-11-7-13(18(2,3)4)17(23)16(8-11)22-10-21-15-9-12(19)5-6-14(15)20/h5-9,20,22-23H,10H2,1-4H3/b20-14?,21-15-. The van der Waals surface area contributed by atoms with Crippen molar-refractivity contribution in [3.05, 3.63) is 46.5 Å². The smallest absolute Gasteiger partial charge is 0.142 e. The molecule has 0 radical (unpaired) electrons. The number of anilines is 1. The lowest BCUT2D eigenvalue weighted by atomic mass is 9.85. The van der Waals surface area contributed by atoms with Crippen LogP contribution in [0.4, 0.5) is 5.69 Å². The number of aryl methyl sites for hydroxylation is 1. The molecule has 122 valence electrons. The number of phenols is 1. The number of aromatic hydroxyl groups is 1. The third-order valence-corrected chi connectivity index (χ3v) is 3.78. The molecule has 0 saturated carbocycles. The summed E-state index contributed by atoms with van der Waals surface area (Å²) in [5.41, 5.74) is 3.30. The third-order valence-electron chi connectivity index (χ3n) is 3.54. The van der Waals surface area contributed by atoms with Gasteiger partial charge in [0.2, 0.25) is 0 Å². The summed E-state index contributed by atoms with van der Waals surface area (Å²) in [7, 11) is 0. The van der Waals surface area contributed by atoms with E-state index in [2.05, 4.69) is 31.1 Å². The summed E-state index contributed by atoms with van der Waals surface area (Å²) in [5.74, 6) is 0.246. The normalized spacial score (nSPS) is 16.7. The summed E-state index contributed by atoms with van der Waals surface area (Å²) in [6, 6.07) is 3.89. The lowest BCUT2D eigenvalue weighted by molar-refractivity contribution is 0.448. The first-order chi connectivity index (χ1) is 10.7. The van der Waals surface area contributed by atoms with Gasteiger partial charge < -0.3 is 10.4 Å². The maximum Gasteiger partial charge on any atom is 0.142 e. The Balaban J connectivity index is 2.20. The highest BCUT2D eigenvalue weighted by molar-refractivity contribution is 6.52. The highest BCUT2D eigenvalue weighted by Crippen LogP contribution is 2.37. The minimum Gasteiger partial charge on any atom is -0.505 e. The van der Waals surface area contributed by atoms with Crippen LogP contribution in [0, 0.1) is 12.3 Å². The predicted molar refractivity (Wildman–Crippen MR) is 98.3 cm³/mol. The number of nitrogens with zero attached hydrogens (tertiary/aromatic N) is 1. The molecule has 0 heterocycles. The van der Waals surface area contributed by atoms with Gasteiger partial charge in [0, 0.05) is 10.6 Å². The molecule has 0 bridgehead atoms. The lowest BCUT2D eigenvalue weighted by Gasteiger charge is -2.23. The average Bonchev–Trinajstić information content (AvgIpc) is 2.44. The fourth-order valence-corrected chi connectivity index (χ4v) is 2.50. The van der Waals surface area contributed by atoms with Crippen LogP contribution >= 0.6 is 11.6 Å². The maximum absolute atomic E-state index is 10.5. The van der Waals surface area contributed by atoms with E-state index in [0.29, 0.717) is 22.1 Å². The molecule has 0 unspecified atom stereocenters. The topological polar surface area (TPSA) is 68.5 Å². The second-order valence-corrected chi connectivity index (χ2v) is 7.05. The van der Waals surface area contributed by atoms with Crippen LogP contribution in [0.15, 0.2) is 40.4 Å². The lowest BCUT2D eigenvalue weighted by Crippen LogP contribution is -2.15. The Labute approximate surface area is 142 Å². The first-order valence-corrected chi connectivity index (χ1v) is 7.83. The predicted octanol–water partition coefficient (Wildman–Crippen LogP) is 4.52. The molecule has 0 saturated heterocycles. The van der Waals surface area contributed by atoms with Gasteiger partial charge in [-0.1, -0.05) is 38.4 Å². The van der Waals surface area contributed by atoms with Crippen molar-refractivity contribution in [1.82, 2.24) is 0 Å². The number of phenolic OH excluding ortho intramolecular Hbond substituents is 1. The van der Waals surface area contributed by atoms with E-state index in [-0.39, 0.29) is 17.8 Å². The van der Waals surface area contributed by atoms with E-state index in [1.165, 1.54) is 0 Å². The number of benzene rings is 1. The van der Waals surface area contributed by atoms with Crippen LogP contribution in [0.25, 0.3) is 0 Å². The number of aliphatic imine (C=N–C) groups is 1. The van der Waals surface area contributed by atoms with Gasteiger partial charge in [-0.2, -0.15) is 0 Å². The first-order valence-electron chi connectivity index (χ1n) is 7.45.